The van der Waals surface area contributed by atoms with Crippen LogP contribution in [0.5, 0.6) is 0 Å². The predicted molar refractivity (Wildman–Crippen MR) is 94.6 cm³/mol. The third-order valence-corrected chi connectivity index (χ3v) is 4.41. The quantitative estimate of drug-likeness (QED) is 0.702. The van der Waals surface area contributed by atoms with Gasteiger partial charge in [0.1, 0.15) is 4.88 Å². The number of thiophene rings is 1. The first-order valence-corrected chi connectivity index (χ1v) is 8.19. The monoisotopic (exact) mass is 360 g/mol. The van der Waals surface area contributed by atoms with E-state index in [4.69, 9.17) is 17.3 Å². The largest absolute Gasteiger partial charge is 0.350 e. The van der Waals surface area contributed by atoms with Gasteiger partial charge in [0.05, 0.1) is 11.4 Å². The van der Waals surface area contributed by atoms with Crippen LogP contribution in [0.1, 0.15) is 9.67 Å². The number of hydrogen-bond acceptors (Lipinski definition) is 3. The van der Waals surface area contributed by atoms with Crippen LogP contribution in [0.4, 0.5) is 10.5 Å². The summed E-state index contributed by atoms with van der Waals surface area (Å²) in [5, 5.41) is 3.31. The third kappa shape index (κ3) is 3.27. The summed E-state index contributed by atoms with van der Waals surface area (Å²) in [6.07, 6.45) is 3.67. The number of carbonyl (C=O) groups is 2. The van der Waals surface area contributed by atoms with Crippen molar-refractivity contribution in [3.8, 4) is 5.69 Å². The molecule has 24 heavy (non-hydrogen) atoms. The molecule has 0 fully saturated rings. The lowest BCUT2D eigenvalue weighted by Gasteiger charge is -2.21. The summed E-state index contributed by atoms with van der Waals surface area (Å²) >= 11 is 7.11. The summed E-state index contributed by atoms with van der Waals surface area (Å²) in [6.45, 7) is 0. The number of nitrogens with two attached hydrogens (primary N) is 1. The van der Waals surface area contributed by atoms with E-state index in [0.717, 1.165) is 10.7 Å². The summed E-state index contributed by atoms with van der Waals surface area (Å²) < 4.78 is 1.82. The van der Waals surface area contributed by atoms with Crippen molar-refractivity contribution in [2.24, 2.45) is 5.73 Å². The summed E-state index contributed by atoms with van der Waals surface area (Å²) in [6, 6.07) is 11.2. The van der Waals surface area contributed by atoms with Gasteiger partial charge < -0.3 is 10.3 Å². The number of hydrazine groups is 1. The molecule has 0 saturated carbocycles. The average molecular weight is 361 g/mol. The molecule has 0 atom stereocenters. The van der Waals surface area contributed by atoms with E-state index in [1.165, 1.54) is 11.3 Å². The Bertz CT molecular complexity index is 859. The highest BCUT2D eigenvalue weighted by Gasteiger charge is 2.20. The second kappa shape index (κ2) is 6.77. The van der Waals surface area contributed by atoms with Crippen LogP contribution in [0.2, 0.25) is 5.02 Å². The number of urea groups is 1. The lowest BCUT2D eigenvalue weighted by molar-refractivity contribution is 0.0955. The third-order valence-electron chi connectivity index (χ3n) is 3.25. The maximum absolute atomic E-state index is 12.6. The number of amides is 3. The fourth-order valence-electron chi connectivity index (χ4n) is 2.16. The van der Waals surface area contributed by atoms with Crippen molar-refractivity contribution in [1.82, 2.24) is 9.99 Å². The summed E-state index contributed by atoms with van der Waals surface area (Å²) in [7, 11) is 0. The molecule has 1 aromatic carbocycles. The predicted octanol–water partition coefficient (Wildman–Crippen LogP) is 3.42. The van der Waals surface area contributed by atoms with E-state index in [1.54, 1.807) is 29.6 Å². The van der Waals surface area contributed by atoms with Gasteiger partial charge in [-0.3, -0.25) is 10.2 Å². The molecule has 3 amide bonds. The Morgan fingerprint density at radius 2 is 1.79 bits per heavy atom. The van der Waals surface area contributed by atoms with E-state index in [0.29, 0.717) is 15.6 Å². The van der Waals surface area contributed by atoms with E-state index in [2.05, 4.69) is 5.43 Å². The number of carbonyl (C=O) groups excluding carboxylic acids is 2. The molecule has 122 valence electrons. The molecular weight excluding hydrogens is 348 g/mol. The van der Waals surface area contributed by atoms with Crippen LogP contribution in [0.3, 0.4) is 0 Å². The molecule has 0 saturated heterocycles. The fourth-order valence-corrected chi connectivity index (χ4v) is 3.07. The number of halogens is 1. The summed E-state index contributed by atoms with van der Waals surface area (Å²) in [4.78, 5) is 24.8. The maximum atomic E-state index is 12.6. The highest BCUT2D eigenvalue weighted by Crippen LogP contribution is 2.22. The summed E-state index contributed by atoms with van der Waals surface area (Å²) in [5.74, 6) is -0.428. The Morgan fingerprint density at radius 3 is 2.42 bits per heavy atom. The van der Waals surface area contributed by atoms with Gasteiger partial charge in [-0.15, -0.1) is 11.3 Å². The molecule has 6 nitrogen and oxygen atoms in total. The molecule has 0 aliphatic carbocycles. The molecule has 2 aromatic heterocycles. The van der Waals surface area contributed by atoms with Gasteiger partial charge in [0.25, 0.3) is 5.91 Å². The smallest absolute Gasteiger partial charge is 0.338 e. The molecular formula is C16H13ClN4O2S. The van der Waals surface area contributed by atoms with Gasteiger partial charge in [-0.1, -0.05) is 11.6 Å². The van der Waals surface area contributed by atoms with E-state index in [-0.39, 0.29) is 0 Å². The normalized spacial score (nSPS) is 10.4. The minimum absolute atomic E-state index is 0.416. The Labute approximate surface area is 147 Å². The van der Waals surface area contributed by atoms with E-state index in [9.17, 15) is 9.59 Å². The van der Waals surface area contributed by atoms with Gasteiger partial charge in [-0.2, -0.15) is 0 Å². The van der Waals surface area contributed by atoms with Crippen LogP contribution in [0.15, 0.2) is 60.2 Å². The van der Waals surface area contributed by atoms with Gasteiger partial charge in [-0.05, 0) is 47.8 Å². The van der Waals surface area contributed by atoms with E-state index < -0.39 is 11.9 Å². The SMILES string of the molecule is NC(=O)N(NC(=O)c1sccc1-n1cccc1)c1ccc(Cl)cc1. The number of nitrogens with zero attached hydrogens (tertiary/aromatic N) is 2. The van der Waals surface area contributed by atoms with Gasteiger partial charge in [0.2, 0.25) is 0 Å². The number of hydrogen-bond donors (Lipinski definition) is 2. The second-order valence-electron chi connectivity index (χ2n) is 4.82. The van der Waals surface area contributed by atoms with E-state index >= 15 is 0 Å². The van der Waals surface area contributed by atoms with Gasteiger partial charge >= 0.3 is 6.03 Å². The molecule has 0 aliphatic rings. The van der Waals surface area contributed by atoms with Gasteiger partial charge in [0, 0.05) is 17.4 Å². The molecule has 3 rings (SSSR count). The first-order chi connectivity index (χ1) is 11.6. The Hall–Kier alpha value is -2.77. The van der Waals surface area contributed by atoms with Gasteiger partial charge in [-0.25, -0.2) is 9.80 Å². The zero-order valence-corrected chi connectivity index (χ0v) is 13.9. The van der Waals surface area contributed by atoms with Gasteiger partial charge in [0.15, 0.2) is 0 Å². The Morgan fingerprint density at radius 1 is 1.12 bits per heavy atom. The molecule has 3 N–H and O–H groups in total. The van der Waals surface area contributed by atoms with Crippen molar-refractivity contribution in [2.45, 2.75) is 0 Å². The van der Waals surface area contributed by atoms with Crippen molar-refractivity contribution in [3.63, 3.8) is 0 Å². The molecule has 0 unspecified atom stereocenters. The standard InChI is InChI=1S/C16H13ClN4O2S/c17-11-3-5-12(6-4-11)21(16(18)23)19-15(22)14-13(7-10-24-14)20-8-1-2-9-20/h1-10H,(H2,18,23)(H,19,22). The Balaban J connectivity index is 1.86. The van der Waals surface area contributed by atoms with Crippen LogP contribution < -0.4 is 16.2 Å². The average Bonchev–Trinajstić information content (AvgIpc) is 3.23. The van der Waals surface area contributed by atoms with Crippen LogP contribution >= 0.6 is 22.9 Å². The topological polar surface area (TPSA) is 80.4 Å². The van der Waals surface area contributed by atoms with Crippen LogP contribution in [0, 0.1) is 0 Å². The lowest BCUT2D eigenvalue weighted by Crippen LogP contribution is -2.49. The van der Waals surface area contributed by atoms with Crippen molar-refractivity contribution in [2.75, 3.05) is 5.01 Å². The highest BCUT2D eigenvalue weighted by atomic mass is 35.5. The second-order valence-corrected chi connectivity index (χ2v) is 6.17. The van der Waals surface area contributed by atoms with Crippen molar-refractivity contribution < 1.29 is 9.59 Å². The number of primary amides is 1. The number of rotatable bonds is 3. The number of aromatic nitrogens is 1. The Kier molecular flexibility index (Phi) is 4.54. The molecule has 0 aliphatic heterocycles. The molecule has 2 heterocycles. The van der Waals surface area contributed by atoms with Crippen molar-refractivity contribution in [3.05, 3.63) is 70.1 Å². The molecule has 0 radical (unpaired) electrons. The lowest BCUT2D eigenvalue weighted by atomic mass is 10.3. The molecule has 3 aromatic rings. The summed E-state index contributed by atoms with van der Waals surface area (Å²) in [5.41, 5.74) is 9.05. The van der Waals surface area contributed by atoms with Crippen molar-refractivity contribution in [1.29, 1.82) is 0 Å². The maximum Gasteiger partial charge on any atom is 0.338 e. The molecule has 0 bridgehead atoms. The number of benzene rings is 1. The fraction of sp³-hybridized carbons (Fsp3) is 0. The van der Waals surface area contributed by atoms with Crippen LogP contribution in [-0.2, 0) is 0 Å². The van der Waals surface area contributed by atoms with Crippen LogP contribution in [-0.4, -0.2) is 16.5 Å². The van der Waals surface area contributed by atoms with Crippen molar-refractivity contribution >= 4 is 40.6 Å². The minimum Gasteiger partial charge on any atom is -0.350 e. The minimum atomic E-state index is -0.801. The first kappa shape index (κ1) is 16.1. The first-order valence-electron chi connectivity index (χ1n) is 6.93. The zero-order chi connectivity index (χ0) is 17.1. The number of anilines is 1. The van der Waals surface area contributed by atoms with Crippen LogP contribution in [0.25, 0.3) is 5.69 Å². The molecule has 0 spiro atoms. The van der Waals surface area contributed by atoms with E-state index in [1.807, 2.05) is 35.2 Å². The highest BCUT2D eigenvalue weighted by molar-refractivity contribution is 7.12. The molecule has 8 heteroatoms. The zero-order valence-electron chi connectivity index (χ0n) is 12.3. The number of nitrogens with one attached hydrogen (secondary N) is 1.